The van der Waals surface area contributed by atoms with Gasteiger partial charge in [-0.15, -0.1) is 0 Å². The summed E-state index contributed by atoms with van der Waals surface area (Å²) in [6.07, 6.45) is 78.7. The van der Waals surface area contributed by atoms with Crippen LogP contribution < -0.4 is 0 Å². The summed E-state index contributed by atoms with van der Waals surface area (Å²) in [5.74, 6) is -1.01. The topological polar surface area (TPSA) is 78.9 Å². The average molecular weight is 953 g/mol. The van der Waals surface area contributed by atoms with Crippen molar-refractivity contribution in [1.82, 2.24) is 0 Å². The Balaban J connectivity index is 4.53. The van der Waals surface area contributed by atoms with Crippen LogP contribution >= 0.6 is 0 Å². The molecule has 0 aliphatic carbocycles. The zero-order valence-electron chi connectivity index (χ0n) is 44.3. The Labute approximate surface area is 424 Å². The van der Waals surface area contributed by atoms with Crippen molar-refractivity contribution in [2.75, 3.05) is 13.2 Å². The molecule has 0 heterocycles. The second-order valence-electron chi connectivity index (χ2n) is 17.8. The van der Waals surface area contributed by atoms with E-state index in [1.165, 1.54) is 64.2 Å². The number of esters is 3. The van der Waals surface area contributed by atoms with Gasteiger partial charge in [0.05, 0.1) is 0 Å². The van der Waals surface area contributed by atoms with Gasteiger partial charge >= 0.3 is 17.9 Å². The van der Waals surface area contributed by atoms with Crippen molar-refractivity contribution in [3.8, 4) is 0 Å². The molecule has 0 amide bonds. The van der Waals surface area contributed by atoms with Crippen LogP contribution in [-0.4, -0.2) is 37.2 Å². The maximum absolute atomic E-state index is 12.8. The first-order valence-corrected chi connectivity index (χ1v) is 27.7. The highest BCUT2D eigenvalue weighted by atomic mass is 16.6. The predicted octanol–water partition coefficient (Wildman–Crippen LogP) is 18.6. The second kappa shape index (κ2) is 56.1. The molecule has 0 bridgehead atoms. The van der Waals surface area contributed by atoms with Crippen LogP contribution in [0.5, 0.6) is 0 Å². The van der Waals surface area contributed by atoms with E-state index >= 15 is 0 Å². The van der Waals surface area contributed by atoms with Crippen molar-refractivity contribution in [3.05, 3.63) is 134 Å². The van der Waals surface area contributed by atoms with Gasteiger partial charge in [-0.2, -0.15) is 0 Å². The molecule has 0 N–H and O–H groups in total. The summed E-state index contributed by atoms with van der Waals surface area (Å²) in [5, 5.41) is 0. The summed E-state index contributed by atoms with van der Waals surface area (Å²) in [6, 6.07) is 0. The maximum atomic E-state index is 12.8. The van der Waals surface area contributed by atoms with Crippen LogP contribution in [0.2, 0.25) is 0 Å². The SMILES string of the molecule is CC\C=C/C=C\C=C/C=C\CCCCCCCC(=O)OCC(COC(=O)CCCCCCCCCCC/C=C\C/C=C\C/C=C\CC)OC(=O)CCC/C=C\C/C=C\C/C=C\C/C=C\CCCCC. The molecule has 0 aromatic carbocycles. The van der Waals surface area contributed by atoms with Gasteiger partial charge in [0.2, 0.25) is 0 Å². The monoisotopic (exact) mass is 953 g/mol. The molecular formula is C63H100O6. The minimum absolute atomic E-state index is 0.115. The van der Waals surface area contributed by atoms with Gasteiger partial charge in [0, 0.05) is 19.3 Å². The van der Waals surface area contributed by atoms with Crippen molar-refractivity contribution < 1.29 is 28.6 Å². The number of unbranched alkanes of at least 4 members (excludes halogenated alkanes) is 18. The Bertz CT molecular complexity index is 1510. The molecule has 0 saturated heterocycles. The van der Waals surface area contributed by atoms with E-state index in [1.54, 1.807) is 0 Å². The summed E-state index contributed by atoms with van der Waals surface area (Å²) in [7, 11) is 0. The average Bonchev–Trinajstić information content (AvgIpc) is 3.35. The van der Waals surface area contributed by atoms with Crippen LogP contribution in [0.1, 0.15) is 226 Å². The zero-order chi connectivity index (χ0) is 50.0. The Morgan fingerprint density at radius 2 is 0.652 bits per heavy atom. The lowest BCUT2D eigenvalue weighted by Gasteiger charge is -2.18. The third kappa shape index (κ3) is 54.4. The fraction of sp³-hybridized carbons (Fsp3) is 0.603. The quantitative estimate of drug-likeness (QED) is 0.0199. The van der Waals surface area contributed by atoms with Crippen LogP contribution in [0.3, 0.4) is 0 Å². The lowest BCUT2D eigenvalue weighted by molar-refractivity contribution is -0.167. The lowest BCUT2D eigenvalue weighted by Crippen LogP contribution is -2.30. The number of carbonyl (C=O) groups is 3. The van der Waals surface area contributed by atoms with Crippen molar-refractivity contribution in [3.63, 3.8) is 0 Å². The van der Waals surface area contributed by atoms with Gasteiger partial charge in [-0.3, -0.25) is 14.4 Å². The highest BCUT2D eigenvalue weighted by Gasteiger charge is 2.19. The number of hydrogen-bond acceptors (Lipinski definition) is 6. The van der Waals surface area contributed by atoms with Crippen LogP contribution in [-0.2, 0) is 28.6 Å². The summed E-state index contributed by atoms with van der Waals surface area (Å²) in [6.45, 7) is 6.28. The van der Waals surface area contributed by atoms with E-state index in [0.717, 1.165) is 116 Å². The molecule has 0 aromatic heterocycles. The summed E-state index contributed by atoms with van der Waals surface area (Å²) in [4.78, 5) is 38.1. The minimum atomic E-state index is -0.824. The van der Waals surface area contributed by atoms with Gasteiger partial charge in [-0.1, -0.05) is 231 Å². The van der Waals surface area contributed by atoms with Crippen LogP contribution in [0, 0.1) is 0 Å². The molecule has 0 aliphatic rings. The molecule has 1 atom stereocenters. The van der Waals surface area contributed by atoms with Crippen molar-refractivity contribution in [1.29, 1.82) is 0 Å². The molecule has 69 heavy (non-hydrogen) atoms. The molecule has 0 radical (unpaired) electrons. The molecule has 0 rings (SSSR count). The summed E-state index contributed by atoms with van der Waals surface area (Å²) in [5.41, 5.74) is 0. The van der Waals surface area contributed by atoms with Crippen molar-refractivity contribution >= 4 is 17.9 Å². The van der Waals surface area contributed by atoms with Gasteiger partial charge < -0.3 is 14.2 Å². The molecule has 6 nitrogen and oxygen atoms in total. The van der Waals surface area contributed by atoms with E-state index in [9.17, 15) is 14.4 Å². The molecule has 0 spiro atoms. The molecule has 6 heteroatoms. The fourth-order valence-corrected chi connectivity index (χ4v) is 7.11. The Kier molecular flexibility index (Phi) is 52.5. The first-order chi connectivity index (χ1) is 34.0. The van der Waals surface area contributed by atoms with Gasteiger partial charge in [-0.05, 0) is 109 Å². The third-order valence-corrected chi connectivity index (χ3v) is 11.2. The Morgan fingerprint density at radius 3 is 1.10 bits per heavy atom. The largest absolute Gasteiger partial charge is 0.462 e. The smallest absolute Gasteiger partial charge is 0.306 e. The molecule has 0 fully saturated rings. The summed E-state index contributed by atoms with van der Waals surface area (Å²) < 4.78 is 16.8. The Hall–Kier alpha value is -4.45. The lowest BCUT2D eigenvalue weighted by atomic mass is 10.1. The molecule has 0 aromatic rings. The van der Waals surface area contributed by atoms with Crippen molar-refractivity contribution in [2.45, 2.75) is 232 Å². The number of carbonyl (C=O) groups excluding carboxylic acids is 3. The molecule has 0 aliphatic heterocycles. The zero-order valence-corrected chi connectivity index (χ0v) is 44.3. The molecule has 388 valence electrons. The molecule has 1 unspecified atom stereocenters. The van der Waals surface area contributed by atoms with Crippen LogP contribution in [0.15, 0.2) is 134 Å². The standard InChI is InChI=1S/C63H100O6/c1-4-7-10-13-16-19-22-25-28-30-31-33-35-38-41-44-47-50-53-56-62(65)68-59-60(58-67-61(64)55-52-49-46-43-40-37-34-27-24-21-18-15-12-9-6-3)69-63(66)57-54-51-48-45-42-39-36-32-29-26-23-20-17-14-11-8-5-2/h7,9-10,12,15-21,24-29,34,36,39,45,48,60H,4-6,8,11,13-14,22-23,30-33,35,37-38,40-44,46-47,49-59H2,1-3H3/b10-7-,12-9-,18-15-,19-16-,20-17-,24-21-,28-25-,29-26-,34-27-,39-36-,48-45-. The van der Waals surface area contributed by atoms with Gasteiger partial charge in [0.25, 0.3) is 0 Å². The van der Waals surface area contributed by atoms with E-state index in [4.69, 9.17) is 14.2 Å². The normalized spacial score (nSPS) is 13.1. The highest BCUT2D eigenvalue weighted by molar-refractivity contribution is 5.71. The predicted molar refractivity (Wildman–Crippen MR) is 297 cm³/mol. The Morgan fingerprint density at radius 1 is 0.319 bits per heavy atom. The third-order valence-electron chi connectivity index (χ3n) is 11.2. The number of rotatable bonds is 48. The van der Waals surface area contributed by atoms with Gasteiger partial charge in [0.15, 0.2) is 6.10 Å². The van der Waals surface area contributed by atoms with Crippen molar-refractivity contribution in [2.24, 2.45) is 0 Å². The summed E-state index contributed by atoms with van der Waals surface area (Å²) >= 11 is 0. The first kappa shape index (κ1) is 64.5. The fourth-order valence-electron chi connectivity index (χ4n) is 7.11. The van der Waals surface area contributed by atoms with E-state index in [1.807, 2.05) is 24.3 Å². The number of hydrogen-bond donors (Lipinski definition) is 0. The van der Waals surface area contributed by atoms with Gasteiger partial charge in [0.1, 0.15) is 13.2 Å². The first-order valence-electron chi connectivity index (χ1n) is 27.7. The number of allylic oxidation sites excluding steroid dienone is 22. The number of ether oxygens (including phenoxy) is 3. The van der Waals surface area contributed by atoms with E-state index in [-0.39, 0.29) is 37.5 Å². The maximum Gasteiger partial charge on any atom is 0.306 e. The second-order valence-corrected chi connectivity index (χ2v) is 17.8. The van der Waals surface area contributed by atoms with E-state index in [0.29, 0.717) is 19.3 Å². The molecular weight excluding hydrogens is 853 g/mol. The minimum Gasteiger partial charge on any atom is -0.462 e. The van der Waals surface area contributed by atoms with E-state index in [2.05, 4.69) is 130 Å². The molecule has 0 saturated carbocycles. The van der Waals surface area contributed by atoms with E-state index < -0.39 is 6.10 Å². The van der Waals surface area contributed by atoms with Crippen LogP contribution in [0.25, 0.3) is 0 Å². The highest BCUT2D eigenvalue weighted by Crippen LogP contribution is 2.14. The van der Waals surface area contributed by atoms with Gasteiger partial charge in [-0.25, -0.2) is 0 Å². The van der Waals surface area contributed by atoms with Crippen LogP contribution in [0.4, 0.5) is 0 Å².